The van der Waals surface area contributed by atoms with E-state index in [1.807, 2.05) is 18.3 Å². The number of carbonyl (C=O) groups excluding carboxylic acids is 1. The second kappa shape index (κ2) is 7.26. The van der Waals surface area contributed by atoms with Gasteiger partial charge in [0, 0.05) is 36.8 Å². The summed E-state index contributed by atoms with van der Waals surface area (Å²) >= 11 is 0. The number of aryl methyl sites for hydroxylation is 2. The molecular weight excluding hydrogens is 397 g/mol. The lowest BCUT2D eigenvalue weighted by Gasteiger charge is -2.13. The molecule has 1 aliphatic carbocycles. The molecule has 4 rings (SSSR count). The summed E-state index contributed by atoms with van der Waals surface area (Å²) in [6.45, 7) is 4.12. The summed E-state index contributed by atoms with van der Waals surface area (Å²) in [6.07, 6.45) is 0.308. The fourth-order valence-corrected chi connectivity index (χ4v) is 3.57. The topological polar surface area (TPSA) is 77.6 Å². The first-order valence-electron chi connectivity index (χ1n) is 9.60. The van der Waals surface area contributed by atoms with Crippen LogP contribution in [0.2, 0.25) is 0 Å². The van der Waals surface area contributed by atoms with Crippen molar-refractivity contribution >= 4 is 5.91 Å². The van der Waals surface area contributed by atoms with E-state index in [4.69, 9.17) is 0 Å². The zero-order valence-electron chi connectivity index (χ0n) is 16.7. The standard InChI is InChI=1S/C20H21F3N6O/c1-11(2)16-8-12(6-7-24-16)29-10-13-14(4-5-15(13)26-29)25-19(30)17-9-18(20(21,22)23)27-28(17)3/h6-11,14H,4-5H2,1-3H3,(H,25,30). The minimum Gasteiger partial charge on any atom is -0.344 e. The van der Waals surface area contributed by atoms with E-state index in [-0.39, 0.29) is 17.7 Å². The van der Waals surface area contributed by atoms with Crippen LogP contribution in [0.1, 0.15) is 65.4 Å². The van der Waals surface area contributed by atoms with Gasteiger partial charge < -0.3 is 5.32 Å². The van der Waals surface area contributed by atoms with E-state index in [2.05, 4.69) is 34.3 Å². The summed E-state index contributed by atoms with van der Waals surface area (Å²) < 4.78 is 41.3. The number of alkyl halides is 3. The van der Waals surface area contributed by atoms with E-state index in [1.165, 1.54) is 7.05 Å². The highest BCUT2D eigenvalue weighted by molar-refractivity contribution is 5.93. The molecule has 0 saturated heterocycles. The quantitative estimate of drug-likeness (QED) is 0.703. The third-order valence-corrected chi connectivity index (χ3v) is 5.20. The van der Waals surface area contributed by atoms with Gasteiger partial charge in [-0.25, -0.2) is 4.68 Å². The first-order chi connectivity index (χ1) is 14.1. The molecule has 1 N–H and O–H groups in total. The normalized spacial score (nSPS) is 16.2. The van der Waals surface area contributed by atoms with Crippen molar-refractivity contribution in [3.8, 4) is 5.69 Å². The van der Waals surface area contributed by atoms with Gasteiger partial charge >= 0.3 is 6.18 Å². The molecule has 3 heterocycles. The molecule has 3 aromatic heterocycles. The van der Waals surface area contributed by atoms with E-state index >= 15 is 0 Å². The molecule has 0 saturated carbocycles. The van der Waals surface area contributed by atoms with Gasteiger partial charge in [-0.3, -0.25) is 14.5 Å². The van der Waals surface area contributed by atoms with Crippen LogP contribution in [0.3, 0.4) is 0 Å². The van der Waals surface area contributed by atoms with Crippen molar-refractivity contribution in [3.05, 3.63) is 58.9 Å². The molecule has 1 unspecified atom stereocenters. The maximum atomic E-state index is 12.9. The molecule has 158 valence electrons. The molecule has 0 spiro atoms. The number of halogens is 3. The van der Waals surface area contributed by atoms with Crippen molar-refractivity contribution in [1.29, 1.82) is 0 Å². The highest BCUT2D eigenvalue weighted by Crippen LogP contribution is 2.32. The summed E-state index contributed by atoms with van der Waals surface area (Å²) in [5.41, 5.74) is 2.32. The molecule has 0 radical (unpaired) electrons. The number of nitrogens with zero attached hydrogens (tertiary/aromatic N) is 5. The van der Waals surface area contributed by atoms with Crippen LogP contribution in [-0.2, 0) is 19.6 Å². The molecule has 0 bridgehead atoms. The van der Waals surface area contributed by atoms with E-state index < -0.39 is 17.8 Å². The number of aromatic nitrogens is 5. The van der Waals surface area contributed by atoms with Crippen LogP contribution in [0.5, 0.6) is 0 Å². The fraction of sp³-hybridized carbons (Fsp3) is 0.400. The number of hydrogen-bond acceptors (Lipinski definition) is 4. The highest BCUT2D eigenvalue weighted by atomic mass is 19.4. The maximum Gasteiger partial charge on any atom is 0.435 e. The largest absolute Gasteiger partial charge is 0.435 e. The Morgan fingerprint density at radius 3 is 2.70 bits per heavy atom. The number of nitrogens with one attached hydrogen (secondary N) is 1. The molecule has 10 heteroatoms. The molecular formula is C20H21F3N6O. The predicted molar refractivity (Wildman–Crippen MR) is 102 cm³/mol. The van der Waals surface area contributed by atoms with Crippen LogP contribution in [-0.4, -0.2) is 30.5 Å². The van der Waals surface area contributed by atoms with Crippen molar-refractivity contribution in [1.82, 2.24) is 29.9 Å². The minimum atomic E-state index is -4.60. The van der Waals surface area contributed by atoms with Crippen LogP contribution in [0.15, 0.2) is 30.6 Å². The molecule has 7 nitrogen and oxygen atoms in total. The van der Waals surface area contributed by atoms with Crippen molar-refractivity contribution in [2.45, 2.75) is 44.8 Å². The Kier molecular flexibility index (Phi) is 4.87. The molecule has 1 atom stereocenters. The Labute approximate surface area is 170 Å². The zero-order chi connectivity index (χ0) is 21.6. The van der Waals surface area contributed by atoms with Crippen LogP contribution in [0, 0.1) is 0 Å². The number of hydrogen-bond donors (Lipinski definition) is 1. The predicted octanol–water partition coefficient (Wildman–Crippen LogP) is 3.56. The minimum absolute atomic E-state index is 0.140. The lowest BCUT2D eigenvalue weighted by molar-refractivity contribution is -0.141. The molecule has 30 heavy (non-hydrogen) atoms. The first kappa shape index (κ1) is 20.1. The number of pyridine rings is 1. The molecule has 0 aliphatic heterocycles. The second-order valence-electron chi connectivity index (χ2n) is 7.67. The lowest BCUT2D eigenvalue weighted by atomic mass is 10.1. The molecule has 1 aliphatic rings. The van der Waals surface area contributed by atoms with Crippen LogP contribution < -0.4 is 5.32 Å². The summed E-state index contributed by atoms with van der Waals surface area (Å²) in [5, 5.41) is 10.8. The van der Waals surface area contributed by atoms with Gasteiger partial charge in [-0.15, -0.1) is 0 Å². The van der Waals surface area contributed by atoms with Crippen LogP contribution in [0.25, 0.3) is 5.69 Å². The van der Waals surface area contributed by atoms with Gasteiger partial charge in [0.2, 0.25) is 0 Å². The maximum absolute atomic E-state index is 12.9. The number of amides is 1. The van der Waals surface area contributed by atoms with Crippen LogP contribution in [0.4, 0.5) is 13.2 Å². The summed E-state index contributed by atoms with van der Waals surface area (Å²) in [6, 6.07) is 4.26. The fourth-order valence-electron chi connectivity index (χ4n) is 3.57. The number of rotatable bonds is 4. The lowest BCUT2D eigenvalue weighted by Crippen LogP contribution is -2.28. The summed E-state index contributed by atoms with van der Waals surface area (Å²) in [5.74, 6) is -0.322. The summed E-state index contributed by atoms with van der Waals surface area (Å²) in [7, 11) is 1.32. The van der Waals surface area contributed by atoms with E-state index in [9.17, 15) is 18.0 Å². The van der Waals surface area contributed by atoms with Gasteiger partial charge in [-0.1, -0.05) is 13.8 Å². The van der Waals surface area contributed by atoms with Gasteiger partial charge in [-0.05, 0) is 30.9 Å². The van der Waals surface area contributed by atoms with Crippen molar-refractivity contribution in [2.24, 2.45) is 7.05 Å². The van der Waals surface area contributed by atoms with Gasteiger partial charge in [0.15, 0.2) is 5.69 Å². The Hall–Kier alpha value is -3.17. The molecule has 1 amide bonds. The number of fused-ring (bicyclic) bond motifs is 1. The van der Waals surface area contributed by atoms with Crippen molar-refractivity contribution in [2.75, 3.05) is 0 Å². The van der Waals surface area contributed by atoms with Crippen molar-refractivity contribution < 1.29 is 18.0 Å². The molecule has 0 aromatic carbocycles. The SMILES string of the molecule is CC(C)c1cc(-n2cc3c(n2)CCC3NC(=O)c2cc(C(F)(F)F)nn2C)ccn1. The van der Waals surface area contributed by atoms with E-state index in [0.717, 1.165) is 33.4 Å². The Morgan fingerprint density at radius 2 is 2.03 bits per heavy atom. The van der Waals surface area contributed by atoms with E-state index in [1.54, 1.807) is 10.9 Å². The monoisotopic (exact) mass is 418 g/mol. The Morgan fingerprint density at radius 1 is 1.27 bits per heavy atom. The zero-order valence-corrected chi connectivity index (χ0v) is 16.7. The molecule has 0 fully saturated rings. The molecule has 3 aromatic rings. The van der Waals surface area contributed by atoms with Crippen molar-refractivity contribution in [3.63, 3.8) is 0 Å². The first-order valence-corrected chi connectivity index (χ1v) is 9.60. The average molecular weight is 418 g/mol. The third-order valence-electron chi connectivity index (χ3n) is 5.20. The second-order valence-corrected chi connectivity index (χ2v) is 7.67. The van der Waals surface area contributed by atoms with Gasteiger partial charge in [0.05, 0.1) is 17.4 Å². The van der Waals surface area contributed by atoms with Gasteiger partial charge in [0.25, 0.3) is 5.91 Å². The van der Waals surface area contributed by atoms with Gasteiger partial charge in [-0.2, -0.15) is 23.4 Å². The third kappa shape index (κ3) is 3.69. The average Bonchev–Trinajstić information content (AvgIpc) is 3.36. The van der Waals surface area contributed by atoms with Gasteiger partial charge in [0.1, 0.15) is 5.69 Å². The Bertz CT molecular complexity index is 1100. The summed E-state index contributed by atoms with van der Waals surface area (Å²) in [4.78, 5) is 16.9. The smallest absolute Gasteiger partial charge is 0.344 e. The van der Waals surface area contributed by atoms with E-state index in [0.29, 0.717) is 12.8 Å². The number of carbonyl (C=O) groups is 1. The highest BCUT2D eigenvalue weighted by Gasteiger charge is 2.36. The Balaban J connectivity index is 1.55. The van der Waals surface area contributed by atoms with Crippen LogP contribution >= 0.6 is 0 Å².